The van der Waals surface area contributed by atoms with E-state index in [1.165, 1.54) is 18.2 Å². The number of phenols is 1. The minimum Gasteiger partial charge on any atom is -0.505 e. The Hall–Kier alpha value is -1.66. The van der Waals surface area contributed by atoms with Crippen molar-refractivity contribution in [3.05, 3.63) is 69.3 Å². The van der Waals surface area contributed by atoms with Gasteiger partial charge in [0.25, 0.3) is 0 Å². The van der Waals surface area contributed by atoms with E-state index in [0.29, 0.717) is 11.1 Å². The quantitative estimate of drug-likeness (QED) is 0.888. The molecule has 0 aliphatic carbocycles. The smallest absolute Gasteiger partial charge is 0.175 e. The van der Waals surface area contributed by atoms with Gasteiger partial charge in [0, 0.05) is 9.88 Å². The molecule has 0 bridgehead atoms. The fraction of sp³-hybridized carbons (Fsp3) is 0.0667. The van der Waals surface area contributed by atoms with E-state index in [1.54, 1.807) is 24.3 Å². The van der Waals surface area contributed by atoms with Crippen LogP contribution in [0, 0.1) is 5.82 Å². The predicted molar refractivity (Wildman–Crippen MR) is 83.9 cm³/mol. The van der Waals surface area contributed by atoms with Crippen LogP contribution < -0.4 is 0 Å². The first kappa shape index (κ1) is 15.7. The molecule has 110 valence electrons. The third-order valence-corrected chi connectivity index (χ3v) is 4.53. The van der Waals surface area contributed by atoms with Crippen molar-refractivity contribution < 1.29 is 17.9 Å². The lowest BCUT2D eigenvalue weighted by Crippen LogP contribution is -1.99. The summed E-state index contributed by atoms with van der Waals surface area (Å²) in [5.41, 5.74) is 1.08. The molecule has 0 unspecified atom stereocenters. The molecule has 0 aromatic heterocycles. The van der Waals surface area contributed by atoms with Crippen molar-refractivity contribution in [2.75, 3.05) is 0 Å². The van der Waals surface area contributed by atoms with Crippen LogP contribution in [0.2, 0.25) is 0 Å². The predicted octanol–water partition coefficient (Wildman–Crippen LogP) is 3.88. The highest BCUT2D eigenvalue weighted by molar-refractivity contribution is 9.10. The second-order valence-electron chi connectivity index (χ2n) is 4.45. The third kappa shape index (κ3) is 4.68. The van der Waals surface area contributed by atoms with Crippen LogP contribution in [-0.4, -0.2) is 13.5 Å². The number of rotatable bonds is 4. The Morgan fingerprint density at radius 1 is 1.14 bits per heavy atom. The van der Waals surface area contributed by atoms with Crippen molar-refractivity contribution >= 4 is 31.8 Å². The summed E-state index contributed by atoms with van der Waals surface area (Å²) < 4.78 is 37.7. The summed E-state index contributed by atoms with van der Waals surface area (Å²) in [6.07, 6.45) is 1.33. The summed E-state index contributed by atoms with van der Waals surface area (Å²) >= 11 is 3.28. The molecular formula is C15H12BrFO3S. The van der Waals surface area contributed by atoms with Gasteiger partial charge in [0.1, 0.15) is 0 Å². The van der Waals surface area contributed by atoms with Crippen LogP contribution >= 0.6 is 15.9 Å². The summed E-state index contributed by atoms with van der Waals surface area (Å²) in [7, 11) is -3.44. The number of sulfone groups is 1. The van der Waals surface area contributed by atoms with Crippen molar-refractivity contribution in [1.29, 1.82) is 0 Å². The van der Waals surface area contributed by atoms with E-state index in [1.807, 2.05) is 0 Å². The molecule has 2 aromatic rings. The molecule has 0 heterocycles. The average molecular weight is 371 g/mol. The fourth-order valence-electron chi connectivity index (χ4n) is 1.68. The minimum atomic E-state index is -3.44. The molecule has 0 saturated heterocycles. The molecule has 2 aromatic carbocycles. The van der Waals surface area contributed by atoms with Gasteiger partial charge in [-0.25, -0.2) is 12.8 Å². The SMILES string of the molecule is O=S(=O)(/C=C/c1ccc(F)c(O)c1)Cc1ccc(Br)cc1. The van der Waals surface area contributed by atoms with Crippen LogP contribution in [0.15, 0.2) is 52.3 Å². The third-order valence-electron chi connectivity index (χ3n) is 2.72. The van der Waals surface area contributed by atoms with Crippen molar-refractivity contribution in [1.82, 2.24) is 0 Å². The number of phenolic OH excluding ortho intramolecular Hbond substituents is 1. The van der Waals surface area contributed by atoms with Gasteiger partial charge in [0.05, 0.1) is 5.75 Å². The maximum absolute atomic E-state index is 12.9. The Bertz CT molecular complexity index is 768. The Morgan fingerprint density at radius 2 is 1.81 bits per heavy atom. The van der Waals surface area contributed by atoms with Gasteiger partial charge in [0.2, 0.25) is 0 Å². The number of hydrogen-bond donors (Lipinski definition) is 1. The minimum absolute atomic E-state index is 0.121. The molecule has 21 heavy (non-hydrogen) atoms. The molecule has 0 aliphatic rings. The maximum atomic E-state index is 12.9. The molecule has 0 fully saturated rings. The summed E-state index contributed by atoms with van der Waals surface area (Å²) in [5, 5.41) is 10.3. The molecular weight excluding hydrogens is 359 g/mol. The van der Waals surface area contributed by atoms with Crippen LogP contribution in [0.3, 0.4) is 0 Å². The average Bonchev–Trinajstić information content (AvgIpc) is 2.43. The van der Waals surface area contributed by atoms with Gasteiger partial charge in [-0.3, -0.25) is 0 Å². The van der Waals surface area contributed by atoms with Crippen molar-refractivity contribution in [2.24, 2.45) is 0 Å². The Balaban J connectivity index is 2.14. The second kappa shape index (κ2) is 6.41. The van der Waals surface area contributed by atoms with Gasteiger partial charge in [-0.1, -0.05) is 34.1 Å². The van der Waals surface area contributed by atoms with E-state index in [4.69, 9.17) is 0 Å². The molecule has 1 N–H and O–H groups in total. The van der Waals surface area contributed by atoms with Crippen LogP contribution in [0.4, 0.5) is 4.39 Å². The Morgan fingerprint density at radius 3 is 2.43 bits per heavy atom. The molecule has 0 saturated carbocycles. The summed E-state index contributed by atoms with van der Waals surface area (Å²) in [6.45, 7) is 0. The van der Waals surface area contributed by atoms with E-state index in [-0.39, 0.29) is 5.75 Å². The van der Waals surface area contributed by atoms with Gasteiger partial charge in [-0.2, -0.15) is 0 Å². The Kier molecular flexibility index (Phi) is 4.80. The van der Waals surface area contributed by atoms with Crippen molar-refractivity contribution in [3.63, 3.8) is 0 Å². The maximum Gasteiger partial charge on any atom is 0.175 e. The second-order valence-corrected chi connectivity index (χ2v) is 7.25. The fourth-order valence-corrected chi connectivity index (χ4v) is 3.06. The van der Waals surface area contributed by atoms with E-state index >= 15 is 0 Å². The molecule has 6 heteroatoms. The first-order valence-electron chi connectivity index (χ1n) is 5.99. The summed E-state index contributed by atoms with van der Waals surface area (Å²) in [6, 6.07) is 10.6. The van der Waals surface area contributed by atoms with Crippen molar-refractivity contribution in [3.8, 4) is 5.75 Å². The van der Waals surface area contributed by atoms with Crippen LogP contribution in [-0.2, 0) is 15.6 Å². The summed E-state index contributed by atoms with van der Waals surface area (Å²) in [4.78, 5) is 0. The van der Waals surface area contributed by atoms with Crippen LogP contribution in [0.1, 0.15) is 11.1 Å². The lowest BCUT2D eigenvalue weighted by molar-refractivity contribution is 0.432. The molecule has 0 radical (unpaired) electrons. The molecule has 0 atom stereocenters. The van der Waals surface area contributed by atoms with Crippen LogP contribution in [0.5, 0.6) is 5.75 Å². The zero-order chi connectivity index (χ0) is 15.5. The van der Waals surface area contributed by atoms with Crippen LogP contribution in [0.25, 0.3) is 6.08 Å². The van der Waals surface area contributed by atoms with Gasteiger partial charge < -0.3 is 5.11 Å². The molecule has 0 amide bonds. The summed E-state index contributed by atoms with van der Waals surface area (Å²) in [5.74, 6) is -1.38. The zero-order valence-corrected chi connectivity index (χ0v) is 13.2. The number of benzene rings is 2. The molecule has 0 spiro atoms. The van der Waals surface area contributed by atoms with Crippen molar-refractivity contribution in [2.45, 2.75) is 5.75 Å². The van der Waals surface area contributed by atoms with E-state index in [9.17, 15) is 17.9 Å². The van der Waals surface area contributed by atoms with Gasteiger partial charge >= 0.3 is 0 Å². The highest BCUT2D eigenvalue weighted by Crippen LogP contribution is 2.19. The number of aromatic hydroxyl groups is 1. The van der Waals surface area contributed by atoms with Gasteiger partial charge in [-0.05, 0) is 41.5 Å². The molecule has 2 rings (SSSR count). The number of hydrogen-bond acceptors (Lipinski definition) is 3. The first-order chi connectivity index (χ1) is 9.85. The lowest BCUT2D eigenvalue weighted by Gasteiger charge is -2.01. The number of halogens is 2. The Labute approximate surface area is 130 Å². The topological polar surface area (TPSA) is 54.4 Å². The first-order valence-corrected chi connectivity index (χ1v) is 8.50. The largest absolute Gasteiger partial charge is 0.505 e. The monoisotopic (exact) mass is 370 g/mol. The normalized spacial score (nSPS) is 11.9. The van der Waals surface area contributed by atoms with Gasteiger partial charge in [-0.15, -0.1) is 0 Å². The zero-order valence-electron chi connectivity index (χ0n) is 10.8. The van der Waals surface area contributed by atoms with E-state index in [2.05, 4.69) is 15.9 Å². The van der Waals surface area contributed by atoms with Gasteiger partial charge in [0.15, 0.2) is 21.4 Å². The standard InChI is InChI=1S/C15H12BrFO3S/c16-13-4-1-12(2-5-13)10-21(19,20)8-7-11-3-6-14(17)15(18)9-11/h1-9,18H,10H2/b8-7+. The highest BCUT2D eigenvalue weighted by atomic mass is 79.9. The van der Waals surface area contributed by atoms with E-state index < -0.39 is 21.4 Å². The van der Waals surface area contributed by atoms with E-state index in [0.717, 1.165) is 15.9 Å². The highest BCUT2D eigenvalue weighted by Gasteiger charge is 2.08. The molecule has 0 aliphatic heterocycles. The lowest BCUT2D eigenvalue weighted by atomic mass is 10.2. The molecule has 3 nitrogen and oxygen atoms in total.